The number of hydrogen-bond acceptors (Lipinski definition) is 3. The zero-order chi connectivity index (χ0) is 14.3. The number of unbranched alkanes of at least 4 members (excludes halogenated alkanes) is 1. The summed E-state index contributed by atoms with van der Waals surface area (Å²) in [6.45, 7) is 4.04. The van der Waals surface area contributed by atoms with Crippen molar-refractivity contribution in [2.24, 2.45) is 5.73 Å². The van der Waals surface area contributed by atoms with Crippen LogP contribution in [0.4, 0.5) is 0 Å². The van der Waals surface area contributed by atoms with E-state index in [0.29, 0.717) is 0 Å². The number of benzene rings is 1. The first-order valence-corrected chi connectivity index (χ1v) is 6.78. The molecule has 0 aliphatic heterocycles. The van der Waals surface area contributed by atoms with Gasteiger partial charge in [0.05, 0.1) is 19.2 Å². The van der Waals surface area contributed by atoms with Gasteiger partial charge in [-0.2, -0.15) is 0 Å². The van der Waals surface area contributed by atoms with Crippen LogP contribution >= 0.6 is 0 Å². The van der Waals surface area contributed by atoms with Crippen LogP contribution in [0.5, 0.6) is 5.75 Å². The van der Waals surface area contributed by atoms with E-state index in [4.69, 9.17) is 10.5 Å². The van der Waals surface area contributed by atoms with E-state index >= 15 is 0 Å². The number of rotatable bonds is 7. The number of nitrogens with two attached hydrogens (primary N) is 1. The Morgan fingerprint density at radius 1 is 1.37 bits per heavy atom. The van der Waals surface area contributed by atoms with Gasteiger partial charge in [-0.05, 0) is 31.0 Å². The normalized spacial score (nSPS) is 13.7. The van der Waals surface area contributed by atoms with Crippen molar-refractivity contribution in [1.82, 2.24) is 5.32 Å². The van der Waals surface area contributed by atoms with Gasteiger partial charge < -0.3 is 15.8 Å². The Balaban J connectivity index is 2.53. The molecule has 0 spiro atoms. The lowest BCUT2D eigenvalue weighted by Crippen LogP contribution is -2.41. The Kier molecular flexibility index (Phi) is 6.36. The van der Waals surface area contributed by atoms with E-state index in [9.17, 15) is 4.79 Å². The quantitative estimate of drug-likeness (QED) is 0.794. The summed E-state index contributed by atoms with van der Waals surface area (Å²) >= 11 is 0. The van der Waals surface area contributed by atoms with Crippen LogP contribution in [0.2, 0.25) is 0 Å². The van der Waals surface area contributed by atoms with Gasteiger partial charge in [-0.1, -0.05) is 31.9 Å². The molecule has 0 fully saturated rings. The average molecular weight is 264 g/mol. The molecule has 0 heterocycles. The van der Waals surface area contributed by atoms with Crippen LogP contribution in [0.25, 0.3) is 0 Å². The highest BCUT2D eigenvalue weighted by atomic mass is 16.5. The molecule has 1 amide bonds. The van der Waals surface area contributed by atoms with E-state index in [0.717, 1.165) is 30.6 Å². The highest BCUT2D eigenvalue weighted by molar-refractivity contribution is 5.81. The third-order valence-electron chi connectivity index (χ3n) is 3.18. The van der Waals surface area contributed by atoms with Gasteiger partial charge in [0, 0.05) is 0 Å². The van der Waals surface area contributed by atoms with Crippen LogP contribution in [0.1, 0.15) is 44.7 Å². The highest BCUT2D eigenvalue weighted by Crippen LogP contribution is 2.17. The first kappa shape index (κ1) is 15.5. The van der Waals surface area contributed by atoms with E-state index in [1.165, 1.54) is 0 Å². The molecule has 1 aromatic carbocycles. The third kappa shape index (κ3) is 4.91. The second kappa shape index (κ2) is 7.79. The van der Waals surface area contributed by atoms with Crippen LogP contribution in [0.3, 0.4) is 0 Å². The van der Waals surface area contributed by atoms with Gasteiger partial charge in [-0.15, -0.1) is 0 Å². The molecule has 2 atom stereocenters. The largest absolute Gasteiger partial charge is 0.497 e. The summed E-state index contributed by atoms with van der Waals surface area (Å²) in [6, 6.07) is 7.19. The van der Waals surface area contributed by atoms with Crippen molar-refractivity contribution in [3.05, 3.63) is 29.8 Å². The maximum absolute atomic E-state index is 11.9. The van der Waals surface area contributed by atoms with Crippen LogP contribution < -0.4 is 15.8 Å². The van der Waals surface area contributed by atoms with Crippen LogP contribution in [-0.4, -0.2) is 19.1 Å². The molecule has 0 saturated heterocycles. The van der Waals surface area contributed by atoms with Gasteiger partial charge in [0.2, 0.25) is 5.91 Å². The minimum Gasteiger partial charge on any atom is -0.497 e. The first-order chi connectivity index (χ1) is 9.08. The molecular formula is C15H24N2O2. The summed E-state index contributed by atoms with van der Waals surface area (Å²) in [5.74, 6) is 0.721. The molecule has 4 heteroatoms. The molecule has 0 aliphatic carbocycles. The van der Waals surface area contributed by atoms with Gasteiger partial charge in [-0.25, -0.2) is 0 Å². The second-order valence-corrected chi connectivity index (χ2v) is 4.75. The number of nitrogens with one attached hydrogen (secondary N) is 1. The molecule has 1 rings (SSSR count). The Morgan fingerprint density at radius 2 is 2.00 bits per heavy atom. The molecule has 0 radical (unpaired) electrons. The Hall–Kier alpha value is -1.55. The van der Waals surface area contributed by atoms with Crippen molar-refractivity contribution in [2.45, 2.75) is 45.2 Å². The molecule has 1 aromatic rings. The van der Waals surface area contributed by atoms with E-state index in [1.807, 2.05) is 31.2 Å². The number of carbonyl (C=O) groups excluding carboxylic acids is 1. The third-order valence-corrected chi connectivity index (χ3v) is 3.18. The molecule has 0 saturated carbocycles. The van der Waals surface area contributed by atoms with E-state index in [1.54, 1.807) is 7.11 Å². The zero-order valence-corrected chi connectivity index (χ0v) is 12.0. The lowest BCUT2D eigenvalue weighted by atomic mass is 10.1. The standard InChI is InChI=1S/C15H24N2O2/c1-4-5-6-14(16)15(18)17-11(2)12-7-9-13(19-3)10-8-12/h7-11,14H,4-6,16H2,1-3H3,(H,17,18)/t11?,14-/m0/s1. The number of hydrogen-bond donors (Lipinski definition) is 2. The van der Waals surface area contributed by atoms with E-state index in [2.05, 4.69) is 12.2 Å². The molecule has 19 heavy (non-hydrogen) atoms. The summed E-state index contributed by atoms with van der Waals surface area (Å²) in [7, 11) is 1.63. The van der Waals surface area contributed by atoms with Crippen LogP contribution in [0.15, 0.2) is 24.3 Å². The number of carbonyl (C=O) groups is 1. The molecule has 3 N–H and O–H groups in total. The maximum Gasteiger partial charge on any atom is 0.237 e. The van der Waals surface area contributed by atoms with Crippen LogP contribution in [0, 0.1) is 0 Å². The predicted molar refractivity (Wildman–Crippen MR) is 77.1 cm³/mol. The summed E-state index contributed by atoms with van der Waals surface area (Å²) in [4.78, 5) is 11.9. The molecule has 1 unspecified atom stereocenters. The molecule has 106 valence electrons. The molecule has 0 bridgehead atoms. The molecule has 0 aliphatic rings. The topological polar surface area (TPSA) is 64.4 Å². The van der Waals surface area contributed by atoms with Crippen molar-refractivity contribution in [1.29, 1.82) is 0 Å². The summed E-state index contributed by atoms with van der Waals surface area (Å²) in [5.41, 5.74) is 6.88. The van der Waals surface area contributed by atoms with Crippen LogP contribution in [-0.2, 0) is 4.79 Å². The fourth-order valence-electron chi connectivity index (χ4n) is 1.85. The second-order valence-electron chi connectivity index (χ2n) is 4.75. The lowest BCUT2D eigenvalue weighted by Gasteiger charge is -2.18. The molecule has 4 nitrogen and oxygen atoms in total. The van der Waals surface area contributed by atoms with Gasteiger partial charge in [0.15, 0.2) is 0 Å². The molecule has 0 aromatic heterocycles. The highest BCUT2D eigenvalue weighted by Gasteiger charge is 2.15. The number of amides is 1. The van der Waals surface area contributed by atoms with E-state index < -0.39 is 6.04 Å². The van der Waals surface area contributed by atoms with Gasteiger partial charge in [0.1, 0.15) is 5.75 Å². The molecular weight excluding hydrogens is 240 g/mol. The van der Waals surface area contributed by atoms with Crippen molar-refractivity contribution >= 4 is 5.91 Å². The number of methoxy groups -OCH3 is 1. The van der Waals surface area contributed by atoms with Crippen molar-refractivity contribution in [3.8, 4) is 5.75 Å². The predicted octanol–water partition coefficient (Wildman–Crippen LogP) is 2.39. The fourth-order valence-corrected chi connectivity index (χ4v) is 1.85. The Bertz CT molecular complexity index is 390. The van der Waals surface area contributed by atoms with Crippen molar-refractivity contribution in [2.75, 3.05) is 7.11 Å². The van der Waals surface area contributed by atoms with E-state index in [-0.39, 0.29) is 11.9 Å². The fraction of sp³-hybridized carbons (Fsp3) is 0.533. The smallest absolute Gasteiger partial charge is 0.237 e. The SMILES string of the molecule is CCCC[C@H](N)C(=O)NC(C)c1ccc(OC)cc1. The van der Waals surface area contributed by atoms with Crippen molar-refractivity contribution < 1.29 is 9.53 Å². The summed E-state index contributed by atoms with van der Waals surface area (Å²) in [5, 5.41) is 2.94. The van der Waals surface area contributed by atoms with Gasteiger partial charge in [0.25, 0.3) is 0 Å². The van der Waals surface area contributed by atoms with Gasteiger partial charge in [-0.3, -0.25) is 4.79 Å². The summed E-state index contributed by atoms with van der Waals surface area (Å²) in [6.07, 6.45) is 2.76. The van der Waals surface area contributed by atoms with Gasteiger partial charge >= 0.3 is 0 Å². The summed E-state index contributed by atoms with van der Waals surface area (Å²) < 4.78 is 5.11. The van der Waals surface area contributed by atoms with Crippen molar-refractivity contribution in [3.63, 3.8) is 0 Å². The zero-order valence-electron chi connectivity index (χ0n) is 12.0. The Labute approximate surface area is 115 Å². The average Bonchev–Trinajstić information content (AvgIpc) is 2.44. The monoisotopic (exact) mass is 264 g/mol. The Morgan fingerprint density at radius 3 is 2.53 bits per heavy atom. The first-order valence-electron chi connectivity index (χ1n) is 6.78. The maximum atomic E-state index is 11.9. The minimum absolute atomic E-state index is 0.0499. The lowest BCUT2D eigenvalue weighted by molar-refractivity contribution is -0.123. The minimum atomic E-state index is -0.416. The number of ether oxygens (including phenoxy) is 1.